The van der Waals surface area contributed by atoms with E-state index in [-0.39, 0.29) is 12.1 Å². The van der Waals surface area contributed by atoms with Crippen molar-refractivity contribution in [2.45, 2.75) is 56.5 Å². The van der Waals surface area contributed by atoms with Gasteiger partial charge >= 0.3 is 0 Å². The monoisotopic (exact) mass is 358 g/mol. The van der Waals surface area contributed by atoms with E-state index in [9.17, 15) is 8.42 Å². The van der Waals surface area contributed by atoms with Crippen LogP contribution in [0.2, 0.25) is 0 Å². The van der Waals surface area contributed by atoms with E-state index >= 15 is 0 Å². The highest BCUT2D eigenvalue weighted by atomic mass is 32.2. The minimum Gasteiger partial charge on any atom is -0.380 e. The van der Waals surface area contributed by atoms with Gasteiger partial charge in [-0.15, -0.1) is 0 Å². The Morgan fingerprint density at radius 2 is 1.60 bits per heavy atom. The van der Waals surface area contributed by atoms with Crippen LogP contribution in [-0.4, -0.2) is 20.5 Å². The third kappa shape index (κ3) is 4.41. The molecule has 2 aromatic carbocycles. The van der Waals surface area contributed by atoms with Gasteiger partial charge in [0, 0.05) is 17.8 Å². The second-order valence-electron chi connectivity index (χ2n) is 6.89. The van der Waals surface area contributed by atoms with Crippen molar-refractivity contribution in [3.8, 4) is 0 Å². The minimum absolute atomic E-state index is 0.0975. The first kappa shape index (κ1) is 18.0. The molecule has 0 heterocycles. The van der Waals surface area contributed by atoms with E-state index in [1.165, 1.54) is 11.1 Å². The predicted octanol–water partition coefficient (Wildman–Crippen LogP) is 4.01. The molecule has 2 atom stereocenters. The van der Waals surface area contributed by atoms with Crippen LogP contribution in [0.1, 0.15) is 36.8 Å². The Kier molecular flexibility index (Phi) is 5.45. The van der Waals surface area contributed by atoms with Gasteiger partial charge in [0.2, 0.25) is 10.0 Å². The Bertz CT molecular complexity index is 819. The van der Waals surface area contributed by atoms with Crippen LogP contribution in [0.4, 0.5) is 5.69 Å². The quantitative estimate of drug-likeness (QED) is 0.849. The summed E-state index contributed by atoms with van der Waals surface area (Å²) in [6.07, 6.45) is 3.99. The summed E-state index contributed by atoms with van der Waals surface area (Å²) in [5, 5.41) is 3.57. The molecule has 0 aliphatic heterocycles. The van der Waals surface area contributed by atoms with E-state index in [0.717, 1.165) is 31.4 Å². The van der Waals surface area contributed by atoms with Crippen molar-refractivity contribution < 1.29 is 8.42 Å². The van der Waals surface area contributed by atoms with E-state index in [1.807, 2.05) is 6.07 Å². The summed E-state index contributed by atoms with van der Waals surface area (Å²) in [6, 6.07) is 14.9. The summed E-state index contributed by atoms with van der Waals surface area (Å²) < 4.78 is 28.3. The molecule has 0 amide bonds. The van der Waals surface area contributed by atoms with Gasteiger partial charge in [-0.05, 0) is 50.5 Å². The molecule has 5 heteroatoms. The molecular weight excluding hydrogens is 332 g/mol. The van der Waals surface area contributed by atoms with Crippen LogP contribution >= 0.6 is 0 Å². The number of benzene rings is 2. The molecule has 0 radical (unpaired) electrons. The summed E-state index contributed by atoms with van der Waals surface area (Å²) in [5.41, 5.74) is 3.50. The Hall–Kier alpha value is -1.85. The molecule has 25 heavy (non-hydrogen) atoms. The fraction of sp³-hybridized carbons (Fsp3) is 0.400. The van der Waals surface area contributed by atoms with Crippen molar-refractivity contribution in [3.05, 3.63) is 59.7 Å². The van der Waals surface area contributed by atoms with E-state index in [1.54, 1.807) is 24.3 Å². The summed E-state index contributed by atoms with van der Waals surface area (Å²) in [4.78, 5) is 0.325. The Balaban J connectivity index is 1.77. The fourth-order valence-corrected chi connectivity index (χ4v) is 4.82. The molecule has 3 rings (SSSR count). The van der Waals surface area contributed by atoms with Crippen molar-refractivity contribution in [2.75, 3.05) is 5.32 Å². The zero-order chi connectivity index (χ0) is 17.9. The first-order valence-electron chi connectivity index (χ1n) is 8.87. The van der Waals surface area contributed by atoms with Crippen molar-refractivity contribution in [1.82, 2.24) is 4.72 Å². The van der Waals surface area contributed by atoms with Crippen LogP contribution in [0.15, 0.2) is 53.4 Å². The largest absolute Gasteiger partial charge is 0.380 e. The van der Waals surface area contributed by atoms with Crippen LogP contribution in [0.25, 0.3) is 0 Å². The zero-order valence-electron chi connectivity index (χ0n) is 14.8. The zero-order valence-corrected chi connectivity index (χ0v) is 15.6. The Labute approximate surface area is 150 Å². The van der Waals surface area contributed by atoms with Crippen LogP contribution in [0.5, 0.6) is 0 Å². The molecule has 134 valence electrons. The standard InChI is InChI=1S/C20H26N2O2S/c1-15-12-13-18(16(2)14-15)21-19-10-6-7-11-20(19)22-25(23,24)17-8-4-3-5-9-17/h3-5,8-9,12-14,19-22H,6-7,10-11H2,1-2H3. The summed E-state index contributed by atoms with van der Waals surface area (Å²) >= 11 is 0. The molecule has 1 aliphatic rings. The first-order valence-corrected chi connectivity index (χ1v) is 10.4. The maximum atomic E-state index is 12.7. The van der Waals surface area contributed by atoms with Crippen LogP contribution in [0, 0.1) is 13.8 Å². The van der Waals surface area contributed by atoms with Gasteiger partial charge in [-0.25, -0.2) is 13.1 Å². The van der Waals surface area contributed by atoms with Crippen LogP contribution in [0.3, 0.4) is 0 Å². The van der Waals surface area contributed by atoms with E-state index in [4.69, 9.17) is 0 Å². The normalized spacial score (nSPS) is 21.0. The highest BCUT2D eigenvalue weighted by Crippen LogP contribution is 2.26. The smallest absolute Gasteiger partial charge is 0.240 e. The third-order valence-electron chi connectivity index (χ3n) is 4.85. The number of hydrogen-bond acceptors (Lipinski definition) is 3. The van der Waals surface area contributed by atoms with E-state index < -0.39 is 10.0 Å². The molecule has 0 bridgehead atoms. The van der Waals surface area contributed by atoms with Gasteiger partial charge in [0.15, 0.2) is 0 Å². The van der Waals surface area contributed by atoms with Gasteiger partial charge in [-0.2, -0.15) is 0 Å². The van der Waals surface area contributed by atoms with Crippen molar-refractivity contribution >= 4 is 15.7 Å². The van der Waals surface area contributed by atoms with Gasteiger partial charge in [0.25, 0.3) is 0 Å². The lowest BCUT2D eigenvalue weighted by atomic mass is 9.90. The van der Waals surface area contributed by atoms with Crippen LogP contribution < -0.4 is 10.0 Å². The fourth-order valence-electron chi connectivity index (χ4n) is 3.49. The van der Waals surface area contributed by atoms with Gasteiger partial charge in [0.05, 0.1) is 4.90 Å². The lowest BCUT2D eigenvalue weighted by Crippen LogP contribution is -2.48. The maximum Gasteiger partial charge on any atom is 0.240 e. The second kappa shape index (κ2) is 7.58. The molecule has 4 nitrogen and oxygen atoms in total. The van der Waals surface area contributed by atoms with Crippen LogP contribution in [-0.2, 0) is 10.0 Å². The highest BCUT2D eigenvalue weighted by molar-refractivity contribution is 7.89. The summed E-state index contributed by atoms with van der Waals surface area (Å²) in [5.74, 6) is 0. The van der Waals surface area contributed by atoms with Gasteiger partial charge in [-0.3, -0.25) is 0 Å². The lowest BCUT2D eigenvalue weighted by molar-refractivity contribution is 0.378. The average Bonchev–Trinajstić information content (AvgIpc) is 2.59. The molecule has 1 fully saturated rings. The minimum atomic E-state index is -3.49. The van der Waals surface area contributed by atoms with E-state index in [2.05, 4.69) is 42.1 Å². The number of aryl methyl sites for hydroxylation is 2. The predicted molar refractivity (Wildman–Crippen MR) is 102 cm³/mol. The summed E-state index contributed by atoms with van der Waals surface area (Å²) in [7, 11) is -3.49. The molecule has 0 spiro atoms. The number of nitrogens with one attached hydrogen (secondary N) is 2. The number of sulfonamides is 1. The highest BCUT2D eigenvalue weighted by Gasteiger charge is 2.29. The maximum absolute atomic E-state index is 12.7. The van der Waals surface area contributed by atoms with E-state index in [0.29, 0.717) is 4.90 Å². The number of rotatable bonds is 5. The average molecular weight is 359 g/mol. The molecule has 2 aromatic rings. The molecule has 2 unspecified atom stereocenters. The molecule has 0 saturated heterocycles. The van der Waals surface area contributed by atoms with Crippen molar-refractivity contribution in [3.63, 3.8) is 0 Å². The lowest BCUT2D eigenvalue weighted by Gasteiger charge is -2.33. The SMILES string of the molecule is Cc1ccc(NC2CCCCC2NS(=O)(=O)c2ccccc2)c(C)c1. The Morgan fingerprint density at radius 1 is 0.920 bits per heavy atom. The second-order valence-corrected chi connectivity index (χ2v) is 8.61. The topological polar surface area (TPSA) is 58.2 Å². The molecule has 1 saturated carbocycles. The first-order chi connectivity index (χ1) is 12.0. The van der Waals surface area contributed by atoms with Gasteiger partial charge in [-0.1, -0.05) is 48.7 Å². The van der Waals surface area contributed by atoms with Gasteiger partial charge in [0.1, 0.15) is 0 Å². The molecule has 1 aliphatic carbocycles. The van der Waals surface area contributed by atoms with Gasteiger partial charge < -0.3 is 5.32 Å². The third-order valence-corrected chi connectivity index (χ3v) is 6.35. The molecular formula is C20H26N2O2S. The number of anilines is 1. The summed E-state index contributed by atoms with van der Waals surface area (Å²) in [6.45, 7) is 4.16. The Morgan fingerprint density at radius 3 is 2.28 bits per heavy atom. The molecule has 2 N–H and O–H groups in total. The van der Waals surface area contributed by atoms with Crippen molar-refractivity contribution in [1.29, 1.82) is 0 Å². The molecule has 0 aromatic heterocycles. The number of hydrogen-bond donors (Lipinski definition) is 2. The van der Waals surface area contributed by atoms with Crippen molar-refractivity contribution in [2.24, 2.45) is 0 Å².